The molecular formula is C17H25FN2O. The molecule has 0 saturated carbocycles. The molecular weight excluding hydrogens is 267 g/mol. The molecule has 1 atom stereocenters. The Balaban J connectivity index is 1.72. The molecule has 1 aliphatic heterocycles. The standard InChI is InChI=1S/C17H25FN2O/c1-20-13-6-2-3-11-16(20)17(21)19-12-7-9-14-8-4-5-10-15(14)18/h4-5,8,10,16H,2-3,6-7,9,11-13H2,1H3,(H,19,21). The average molecular weight is 292 g/mol. The van der Waals surface area contributed by atoms with Crippen molar-refractivity contribution in [2.24, 2.45) is 0 Å². The number of likely N-dealkylation sites (N-methyl/N-ethyl adjacent to an activating group) is 1. The maximum absolute atomic E-state index is 13.5. The normalized spacial score (nSPS) is 20.0. The lowest BCUT2D eigenvalue weighted by Crippen LogP contribution is -2.45. The third kappa shape index (κ3) is 4.81. The van der Waals surface area contributed by atoms with Gasteiger partial charge in [-0.1, -0.05) is 31.0 Å². The smallest absolute Gasteiger partial charge is 0.237 e. The van der Waals surface area contributed by atoms with Crippen LogP contribution in [0.15, 0.2) is 24.3 Å². The Morgan fingerprint density at radius 2 is 2.14 bits per heavy atom. The molecule has 1 aromatic carbocycles. The van der Waals surface area contributed by atoms with Crippen molar-refractivity contribution in [2.75, 3.05) is 20.1 Å². The van der Waals surface area contributed by atoms with Crippen molar-refractivity contribution in [2.45, 2.75) is 44.6 Å². The lowest BCUT2D eigenvalue weighted by Gasteiger charge is -2.24. The molecule has 1 aliphatic rings. The molecule has 1 fully saturated rings. The number of hydrogen-bond donors (Lipinski definition) is 1. The fourth-order valence-corrected chi connectivity index (χ4v) is 2.89. The van der Waals surface area contributed by atoms with Crippen molar-refractivity contribution in [3.8, 4) is 0 Å². The maximum Gasteiger partial charge on any atom is 0.237 e. The fourth-order valence-electron chi connectivity index (χ4n) is 2.89. The number of rotatable bonds is 5. The average Bonchev–Trinajstić information content (AvgIpc) is 2.69. The topological polar surface area (TPSA) is 32.3 Å². The van der Waals surface area contributed by atoms with E-state index in [1.165, 1.54) is 18.9 Å². The number of carbonyl (C=O) groups is 1. The second-order valence-electron chi connectivity index (χ2n) is 5.83. The zero-order valence-corrected chi connectivity index (χ0v) is 12.8. The summed E-state index contributed by atoms with van der Waals surface area (Å²) in [6.07, 6.45) is 5.87. The fraction of sp³-hybridized carbons (Fsp3) is 0.588. The monoisotopic (exact) mass is 292 g/mol. The van der Waals surface area contributed by atoms with Gasteiger partial charge in [0.05, 0.1) is 6.04 Å². The van der Waals surface area contributed by atoms with E-state index in [4.69, 9.17) is 0 Å². The van der Waals surface area contributed by atoms with Crippen molar-refractivity contribution < 1.29 is 9.18 Å². The van der Waals surface area contributed by atoms with E-state index < -0.39 is 0 Å². The summed E-state index contributed by atoms with van der Waals surface area (Å²) < 4.78 is 13.5. The van der Waals surface area contributed by atoms with Gasteiger partial charge >= 0.3 is 0 Å². The van der Waals surface area contributed by atoms with Gasteiger partial charge in [0.2, 0.25) is 5.91 Å². The maximum atomic E-state index is 13.5. The first-order valence-corrected chi connectivity index (χ1v) is 7.90. The van der Waals surface area contributed by atoms with Crippen LogP contribution >= 0.6 is 0 Å². The molecule has 0 aliphatic carbocycles. The Hall–Kier alpha value is -1.42. The molecule has 0 bridgehead atoms. The van der Waals surface area contributed by atoms with Crippen LogP contribution in [-0.2, 0) is 11.2 Å². The number of nitrogens with one attached hydrogen (secondary N) is 1. The van der Waals surface area contributed by atoms with Crippen molar-refractivity contribution in [3.63, 3.8) is 0 Å². The lowest BCUT2D eigenvalue weighted by atomic mass is 10.1. The van der Waals surface area contributed by atoms with Crippen LogP contribution in [0, 0.1) is 5.82 Å². The van der Waals surface area contributed by atoms with Gasteiger partial charge in [-0.3, -0.25) is 9.69 Å². The summed E-state index contributed by atoms with van der Waals surface area (Å²) in [4.78, 5) is 14.4. The van der Waals surface area contributed by atoms with Gasteiger partial charge in [-0.05, 0) is 50.9 Å². The molecule has 1 N–H and O–H groups in total. The molecule has 0 radical (unpaired) electrons. The van der Waals surface area contributed by atoms with Crippen molar-refractivity contribution in [1.82, 2.24) is 10.2 Å². The predicted molar refractivity (Wildman–Crippen MR) is 82.6 cm³/mol. The van der Waals surface area contributed by atoms with Crippen LogP contribution in [-0.4, -0.2) is 37.0 Å². The highest BCUT2D eigenvalue weighted by atomic mass is 19.1. The summed E-state index contributed by atoms with van der Waals surface area (Å²) in [5.41, 5.74) is 0.721. The van der Waals surface area contributed by atoms with Crippen LogP contribution in [0.25, 0.3) is 0 Å². The highest BCUT2D eigenvalue weighted by Crippen LogP contribution is 2.15. The second-order valence-corrected chi connectivity index (χ2v) is 5.83. The summed E-state index contributed by atoms with van der Waals surface area (Å²) >= 11 is 0. The van der Waals surface area contributed by atoms with Crippen LogP contribution in [0.3, 0.4) is 0 Å². The summed E-state index contributed by atoms with van der Waals surface area (Å²) in [7, 11) is 2.02. The minimum absolute atomic E-state index is 0.000890. The van der Waals surface area contributed by atoms with Gasteiger partial charge in [0, 0.05) is 6.54 Å². The Bertz CT molecular complexity index is 464. The van der Waals surface area contributed by atoms with Gasteiger partial charge in [0.1, 0.15) is 5.82 Å². The molecule has 1 unspecified atom stereocenters. The van der Waals surface area contributed by atoms with E-state index in [9.17, 15) is 9.18 Å². The number of hydrogen-bond acceptors (Lipinski definition) is 2. The quantitative estimate of drug-likeness (QED) is 0.846. The first-order valence-electron chi connectivity index (χ1n) is 7.90. The molecule has 1 saturated heterocycles. The van der Waals surface area contributed by atoms with Crippen molar-refractivity contribution in [3.05, 3.63) is 35.6 Å². The third-order valence-corrected chi connectivity index (χ3v) is 4.20. The molecule has 1 aromatic rings. The van der Waals surface area contributed by atoms with E-state index >= 15 is 0 Å². The molecule has 0 aromatic heterocycles. The van der Waals surface area contributed by atoms with E-state index in [1.54, 1.807) is 12.1 Å². The summed E-state index contributed by atoms with van der Waals surface area (Å²) in [5.74, 6) is -0.0414. The van der Waals surface area contributed by atoms with E-state index in [-0.39, 0.29) is 17.8 Å². The number of benzene rings is 1. The van der Waals surface area contributed by atoms with Crippen LogP contribution < -0.4 is 5.32 Å². The number of halogens is 1. The highest BCUT2D eigenvalue weighted by molar-refractivity contribution is 5.81. The SMILES string of the molecule is CN1CCCCCC1C(=O)NCCCc1ccccc1F. The Morgan fingerprint density at radius 3 is 2.95 bits per heavy atom. The van der Waals surface area contributed by atoms with E-state index in [2.05, 4.69) is 10.2 Å². The molecule has 2 rings (SSSR count). The van der Waals surface area contributed by atoms with Gasteiger partial charge in [0.15, 0.2) is 0 Å². The molecule has 4 heteroatoms. The van der Waals surface area contributed by atoms with Crippen LogP contribution in [0.5, 0.6) is 0 Å². The van der Waals surface area contributed by atoms with Gasteiger partial charge in [-0.25, -0.2) is 4.39 Å². The predicted octanol–water partition coefficient (Wildman–Crippen LogP) is 2.75. The molecule has 1 amide bonds. The number of likely N-dealkylation sites (tertiary alicyclic amines) is 1. The van der Waals surface area contributed by atoms with Crippen LogP contribution in [0.1, 0.15) is 37.7 Å². The number of carbonyl (C=O) groups excluding carboxylic acids is 1. The third-order valence-electron chi connectivity index (χ3n) is 4.20. The first-order chi connectivity index (χ1) is 10.2. The number of nitrogens with zero attached hydrogens (tertiary/aromatic N) is 1. The highest BCUT2D eigenvalue weighted by Gasteiger charge is 2.23. The van der Waals surface area contributed by atoms with E-state index in [0.717, 1.165) is 31.4 Å². The van der Waals surface area contributed by atoms with Gasteiger partial charge in [0.25, 0.3) is 0 Å². The van der Waals surface area contributed by atoms with Crippen molar-refractivity contribution in [1.29, 1.82) is 0 Å². The zero-order chi connectivity index (χ0) is 15.1. The largest absolute Gasteiger partial charge is 0.355 e. The minimum atomic E-state index is -0.160. The minimum Gasteiger partial charge on any atom is -0.355 e. The van der Waals surface area contributed by atoms with Crippen molar-refractivity contribution >= 4 is 5.91 Å². The Morgan fingerprint density at radius 1 is 1.33 bits per heavy atom. The van der Waals surface area contributed by atoms with Gasteiger partial charge in [-0.2, -0.15) is 0 Å². The summed E-state index contributed by atoms with van der Waals surface area (Å²) in [6, 6.07) is 6.82. The Kier molecular flexibility index (Phi) is 6.18. The van der Waals surface area contributed by atoms with Gasteiger partial charge < -0.3 is 5.32 Å². The molecule has 1 heterocycles. The van der Waals surface area contributed by atoms with Gasteiger partial charge in [-0.15, -0.1) is 0 Å². The first kappa shape index (κ1) is 16.0. The molecule has 21 heavy (non-hydrogen) atoms. The lowest BCUT2D eigenvalue weighted by molar-refractivity contribution is -0.126. The number of amides is 1. The van der Waals surface area contributed by atoms with Crippen LogP contribution in [0.2, 0.25) is 0 Å². The molecule has 116 valence electrons. The van der Waals surface area contributed by atoms with E-state index in [1.807, 2.05) is 13.1 Å². The Labute approximate surface area is 126 Å². The summed E-state index contributed by atoms with van der Waals surface area (Å²) in [6.45, 7) is 1.60. The zero-order valence-electron chi connectivity index (χ0n) is 12.8. The second kappa shape index (κ2) is 8.13. The molecule has 3 nitrogen and oxygen atoms in total. The number of aryl methyl sites for hydroxylation is 1. The van der Waals surface area contributed by atoms with E-state index in [0.29, 0.717) is 13.0 Å². The summed E-state index contributed by atoms with van der Waals surface area (Å²) in [5, 5.41) is 3.00. The molecule has 0 spiro atoms. The van der Waals surface area contributed by atoms with Crippen LogP contribution in [0.4, 0.5) is 4.39 Å².